The second-order valence-electron chi connectivity index (χ2n) is 5.68. The summed E-state index contributed by atoms with van der Waals surface area (Å²) in [6.45, 7) is 2.92. The van der Waals surface area contributed by atoms with Gasteiger partial charge in [0.15, 0.2) is 11.6 Å². The number of nitrogens with zero attached hydrogens (tertiary/aromatic N) is 1. The van der Waals surface area contributed by atoms with Gasteiger partial charge in [0.2, 0.25) is 0 Å². The Balaban J connectivity index is 0.000000481. The van der Waals surface area contributed by atoms with Crippen LogP contribution in [0, 0.1) is 24.4 Å². The summed E-state index contributed by atoms with van der Waals surface area (Å²) in [5, 5.41) is 9.26. The van der Waals surface area contributed by atoms with Gasteiger partial charge in [-0.1, -0.05) is 17.7 Å². The molecule has 140 valence electrons. The van der Waals surface area contributed by atoms with E-state index in [1.54, 1.807) is 12.1 Å². The van der Waals surface area contributed by atoms with Gasteiger partial charge in [-0.2, -0.15) is 0 Å². The highest BCUT2D eigenvalue weighted by molar-refractivity contribution is 7.21. The Morgan fingerprint density at radius 3 is 2.56 bits per heavy atom. The van der Waals surface area contributed by atoms with Gasteiger partial charge in [0, 0.05) is 40.2 Å². The Labute approximate surface area is 160 Å². The highest BCUT2D eigenvalue weighted by Crippen LogP contribution is 2.39. The molecule has 0 saturated carbocycles. The first-order valence-corrected chi connectivity index (χ1v) is 8.80. The van der Waals surface area contributed by atoms with Crippen LogP contribution in [0.2, 0.25) is 5.02 Å². The van der Waals surface area contributed by atoms with Crippen LogP contribution in [0.15, 0.2) is 24.3 Å². The molecule has 0 aliphatic rings. The third-order valence-electron chi connectivity index (χ3n) is 3.68. The number of fused-ring (bicyclic) bond motifs is 2. The van der Waals surface area contributed by atoms with Crippen molar-refractivity contribution in [3.63, 3.8) is 0 Å². The van der Waals surface area contributed by atoms with Crippen LogP contribution in [-0.2, 0) is 4.79 Å². The number of aromatic nitrogens is 2. The lowest BCUT2D eigenvalue weighted by molar-refractivity contribution is -0.134. The van der Waals surface area contributed by atoms with Crippen LogP contribution in [0.1, 0.15) is 12.6 Å². The molecule has 27 heavy (non-hydrogen) atoms. The maximum absolute atomic E-state index is 13.9. The molecule has 4 rings (SSSR count). The van der Waals surface area contributed by atoms with E-state index >= 15 is 0 Å². The third-order valence-corrected chi connectivity index (χ3v) is 4.99. The van der Waals surface area contributed by atoms with Gasteiger partial charge in [0.05, 0.1) is 4.70 Å². The first kappa shape index (κ1) is 19.2. The van der Waals surface area contributed by atoms with E-state index in [2.05, 4.69) is 9.97 Å². The third kappa shape index (κ3) is 3.63. The Bertz CT molecular complexity index is 1180. The second kappa shape index (κ2) is 7.21. The maximum atomic E-state index is 13.9. The summed E-state index contributed by atoms with van der Waals surface area (Å²) in [4.78, 5) is 16.3. The highest BCUT2D eigenvalue weighted by atomic mass is 35.5. The van der Waals surface area contributed by atoms with E-state index in [0.717, 1.165) is 40.4 Å². The number of rotatable bonds is 1. The van der Waals surface area contributed by atoms with E-state index in [1.807, 2.05) is 13.0 Å². The average molecular weight is 413 g/mol. The van der Waals surface area contributed by atoms with Gasteiger partial charge in [-0.05, 0) is 19.1 Å². The topological polar surface area (TPSA) is 66.0 Å². The van der Waals surface area contributed by atoms with Crippen molar-refractivity contribution >= 4 is 50.0 Å². The number of carboxylic acid groups (broad SMARTS) is 1. The molecule has 0 fully saturated rings. The molecule has 0 unspecified atom stereocenters. The average Bonchev–Trinajstić information content (AvgIpc) is 3.12. The molecule has 4 aromatic rings. The molecule has 0 atom stereocenters. The molecule has 2 N–H and O–H groups in total. The molecule has 9 heteroatoms. The summed E-state index contributed by atoms with van der Waals surface area (Å²) in [6, 6.07) is 5.85. The molecule has 0 aliphatic heterocycles. The van der Waals surface area contributed by atoms with E-state index in [9.17, 15) is 13.2 Å². The molecule has 0 saturated heterocycles. The standard InChI is InChI=1S/C16H8ClF3N2S.C2H4O2/c1-6-12(8-3-2-7(17)4-11(8)21-6)16-22-14-13(20)9(18)5-10(19)15(14)23-16;1-2(3)4/h2-5,21H,1H3;1H3,(H,3,4). The van der Waals surface area contributed by atoms with Crippen molar-refractivity contribution in [3.05, 3.63) is 52.4 Å². The lowest BCUT2D eigenvalue weighted by atomic mass is 10.1. The summed E-state index contributed by atoms with van der Waals surface area (Å²) in [5.41, 5.74) is 2.04. The molecular weight excluding hydrogens is 401 g/mol. The molecule has 0 bridgehead atoms. The van der Waals surface area contributed by atoms with E-state index in [0.29, 0.717) is 16.1 Å². The highest BCUT2D eigenvalue weighted by Gasteiger charge is 2.20. The zero-order valence-electron chi connectivity index (χ0n) is 14.0. The fourth-order valence-corrected chi connectivity index (χ4v) is 3.93. The Hall–Kier alpha value is -2.58. The fraction of sp³-hybridized carbons (Fsp3) is 0.111. The predicted octanol–water partition coefficient (Wildman–Crippen LogP) is 5.91. The smallest absolute Gasteiger partial charge is 0.300 e. The van der Waals surface area contributed by atoms with Crippen LogP contribution in [0.25, 0.3) is 31.7 Å². The minimum Gasteiger partial charge on any atom is -0.481 e. The first-order valence-electron chi connectivity index (χ1n) is 7.60. The van der Waals surface area contributed by atoms with Crippen molar-refractivity contribution in [2.45, 2.75) is 13.8 Å². The number of nitrogens with one attached hydrogen (secondary N) is 1. The molecule has 2 aromatic carbocycles. The van der Waals surface area contributed by atoms with Crippen molar-refractivity contribution in [3.8, 4) is 10.6 Å². The molecule has 0 spiro atoms. The molecule has 2 aromatic heterocycles. The van der Waals surface area contributed by atoms with Crippen LogP contribution >= 0.6 is 22.9 Å². The monoisotopic (exact) mass is 412 g/mol. The van der Waals surface area contributed by atoms with Crippen molar-refractivity contribution in [2.24, 2.45) is 0 Å². The first-order chi connectivity index (χ1) is 12.7. The van der Waals surface area contributed by atoms with E-state index in [4.69, 9.17) is 21.5 Å². The van der Waals surface area contributed by atoms with Crippen LogP contribution < -0.4 is 0 Å². The molecule has 0 amide bonds. The predicted molar refractivity (Wildman–Crippen MR) is 99.8 cm³/mol. The summed E-state index contributed by atoms with van der Waals surface area (Å²) >= 11 is 6.97. The second-order valence-corrected chi connectivity index (χ2v) is 7.12. The quantitative estimate of drug-likeness (QED) is 0.382. The lowest BCUT2D eigenvalue weighted by Gasteiger charge is -1.96. The Morgan fingerprint density at radius 2 is 1.89 bits per heavy atom. The number of H-pyrrole nitrogens is 1. The van der Waals surface area contributed by atoms with E-state index in [1.165, 1.54) is 0 Å². The SMILES string of the molecule is CC(=O)O.Cc1[nH]c2cc(Cl)ccc2c1-c1nc2c(F)c(F)cc(F)c2s1. The van der Waals surface area contributed by atoms with Gasteiger partial charge in [-0.25, -0.2) is 18.2 Å². The number of hydrogen-bond donors (Lipinski definition) is 2. The van der Waals surface area contributed by atoms with Crippen LogP contribution in [0.4, 0.5) is 13.2 Å². The van der Waals surface area contributed by atoms with Gasteiger partial charge < -0.3 is 10.1 Å². The van der Waals surface area contributed by atoms with Gasteiger partial charge in [-0.15, -0.1) is 11.3 Å². The largest absolute Gasteiger partial charge is 0.481 e. The van der Waals surface area contributed by atoms with Gasteiger partial charge in [0.1, 0.15) is 16.3 Å². The lowest BCUT2D eigenvalue weighted by Crippen LogP contribution is -1.88. The number of hydrogen-bond acceptors (Lipinski definition) is 3. The number of aromatic amines is 1. The van der Waals surface area contributed by atoms with Crippen molar-refractivity contribution in [2.75, 3.05) is 0 Å². The number of benzene rings is 2. The summed E-state index contributed by atoms with van der Waals surface area (Å²) in [5.74, 6) is -4.03. The molecule has 2 heterocycles. The zero-order valence-corrected chi connectivity index (χ0v) is 15.6. The Kier molecular flexibility index (Phi) is 5.12. The number of carboxylic acids is 1. The fourth-order valence-electron chi connectivity index (χ4n) is 2.67. The number of halogens is 4. The van der Waals surface area contributed by atoms with Crippen LogP contribution in [-0.4, -0.2) is 21.0 Å². The maximum Gasteiger partial charge on any atom is 0.300 e. The van der Waals surface area contributed by atoms with E-state index in [-0.39, 0.29) is 10.2 Å². The Morgan fingerprint density at radius 1 is 1.22 bits per heavy atom. The minimum atomic E-state index is -1.24. The number of aliphatic carboxylic acids is 1. The van der Waals surface area contributed by atoms with Crippen molar-refractivity contribution < 1.29 is 23.1 Å². The number of aryl methyl sites for hydroxylation is 1. The molecule has 4 nitrogen and oxygen atoms in total. The molecule has 0 radical (unpaired) electrons. The normalized spacial score (nSPS) is 10.9. The van der Waals surface area contributed by atoms with Crippen LogP contribution in [0.5, 0.6) is 0 Å². The molecule has 0 aliphatic carbocycles. The van der Waals surface area contributed by atoms with Gasteiger partial charge >= 0.3 is 0 Å². The zero-order chi connectivity index (χ0) is 19.9. The summed E-state index contributed by atoms with van der Waals surface area (Å²) in [6.07, 6.45) is 0. The van der Waals surface area contributed by atoms with Gasteiger partial charge in [-0.3, -0.25) is 4.79 Å². The number of carbonyl (C=O) groups is 1. The van der Waals surface area contributed by atoms with Gasteiger partial charge in [0.25, 0.3) is 5.97 Å². The number of thiazole rings is 1. The van der Waals surface area contributed by atoms with Crippen LogP contribution in [0.3, 0.4) is 0 Å². The summed E-state index contributed by atoms with van der Waals surface area (Å²) < 4.78 is 41.1. The summed E-state index contributed by atoms with van der Waals surface area (Å²) in [7, 11) is 0. The van der Waals surface area contributed by atoms with E-state index < -0.39 is 23.4 Å². The molecular formula is C18H12ClF3N2O2S. The minimum absolute atomic E-state index is 0.00149. The van der Waals surface area contributed by atoms with Crippen molar-refractivity contribution in [1.29, 1.82) is 0 Å². The van der Waals surface area contributed by atoms with Crippen molar-refractivity contribution in [1.82, 2.24) is 9.97 Å².